The van der Waals surface area contributed by atoms with Crippen LogP contribution in [-0.2, 0) is 0 Å². The average molecular weight is 375 g/mol. The van der Waals surface area contributed by atoms with Gasteiger partial charge in [0.1, 0.15) is 21.3 Å². The molecule has 0 spiro atoms. The van der Waals surface area contributed by atoms with E-state index in [1.165, 1.54) is 23.7 Å². The van der Waals surface area contributed by atoms with Crippen LogP contribution >= 0.6 is 22.9 Å². The van der Waals surface area contributed by atoms with Crippen molar-refractivity contribution in [3.05, 3.63) is 73.8 Å². The number of esters is 1. The average Bonchev–Trinajstić information content (AvgIpc) is 3.15. The molecule has 0 bridgehead atoms. The number of H-pyrrole nitrogens is 1. The zero-order valence-corrected chi connectivity index (χ0v) is 14.2. The van der Waals surface area contributed by atoms with Crippen molar-refractivity contribution in [2.45, 2.75) is 0 Å². The van der Waals surface area contributed by atoms with Crippen molar-refractivity contribution in [1.29, 1.82) is 0 Å². The molecule has 2 aromatic heterocycles. The molecule has 126 valence electrons. The highest BCUT2D eigenvalue weighted by molar-refractivity contribution is 7.12. The van der Waals surface area contributed by atoms with Gasteiger partial charge in [0.05, 0.1) is 12.4 Å². The van der Waals surface area contributed by atoms with Crippen LogP contribution in [0.15, 0.2) is 57.9 Å². The van der Waals surface area contributed by atoms with Gasteiger partial charge in [0.2, 0.25) is 0 Å². The third-order valence-corrected chi connectivity index (χ3v) is 4.23. The molecule has 25 heavy (non-hydrogen) atoms. The Morgan fingerprint density at radius 2 is 2.12 bits per heavy atom. The lowest BCUT2D eigenvalue weighted by Crippen LogP contribution is -2.10. The van der Waals surface area contributed by atoms with Crippen molar-refractivity contribution in [3.63, 3.8) is 0 Å². The number of nitrogens with one attached hydrogen (secondary N) is 2. The Morgan fingerprint density at radius 3 is 2.84 bits per heavy atom. The number of anilines is 1. The number of aromatic nitrogens is 2. The Hall–Kier alpha value is -2.97. The molecule has 0 saturated heterocycles. The molecular formula is C16H11ClN4O3S. The fourth-order valence-corrected chi connectivity index (χ4v) is 2.54. The molecule has 7 nitrogen and oxygen atoms in total. The predicted molar refractivity (Wildman–Crippen MR) is 96.8 cm³/mol. The van der Waals surface area contributed by atoms with E-state index >= 15 is 0 Å². The Kier molecular flexibility index (Phi) is 5.22. The molecule has 0 amide bonds. The number of benzene rings is 1. The minimum absolute atomic E-state index is 0.0250. The first-order valence-corrected chi connectivity index (χ1v) is 8.27. The molecule has 0 atom stereocenters. The number of hydrogen-bond acceptors (Lipinski definition) is 7. The van der Waals surface area contributed by atoms with Gasteiger partial charge in [0.25, 0.3) is 5.56 Å². The lowest BCUT2D eigenvalue weighted by molar-refractivity contribution is 0.0740. The molecule has 0 unspecified atom stereocenters. The standard InChI is InChI=1S/C16H11ClN4O3S/c17-14-12(9-19-21-15(14)22)20-18-8-10-3-5-11(6-4-10)24-16(23)13-2-1-7-25-13/h1-9H,(H2,20,21,22)/b18-8-. The normalized spacial score (nSPS) is 10.8. The van der Waals surface area contributed by atoms with Crippen LogP contribution in [0.25, 0.3) is 0 Å². The van der Waals surface area contributed by atoms with Gasteiger partial charge in [-0.3, -0.25) is 10.2 Å². The number of aromatic amines is 1. The van der Waals surface area contributed by atoms with Gasteiger partial charge in [-0.15, -0.1) is 11.3 Å². The number of carbonyl (C=O) groups is 1. The summed E-state index contributed by atoms with van der Waals surface area (Å²) in [5.41, 5.74) is 3.19. The second-order valence-electron chi connectivity index (χ2n) is 4.73. The number of nitrogens with zero attached hydrogens (tertiary/aromatic N) is 2. The van der Waals surface area contributed by atoms with Crippen molar-refractivity contribution in [1.82, 2.24) is 10.2 Å². The Balaban J connectivity index is 1.61. The molecule has 1 aromatic carbocycles. The van der Waals surface area contributed by atoms with Crippen LogP contribution in [0.1, 0.15) is 15.2 Å². The molecule has 0 aliphatic heterocycles. The summed E-state index contributed by atoms with van der Waals surface area (Å²) in [5.74, 6) is 0.0415. The van der Waals surface area contributed by atoms with Gasteiger partial charge >= 0.3 is 5.97 Å². The summed E-state index contributed by atoms with van der Waals surface area (Å²) in [6.07, 6.45) is 2.89. The molecule has 0 fully saturated rings. The first kappa shape index (κ1) is 16.9. The van der Waals surface area contributed by atoms with Gasteiger partial charge in [-0.2, -0.15) is 10.2 Å². The first-order valence-electron chi connectivity index (χ1n) is 7.01. The van der Waals surface area contributed by atoms with Crippen LogP contribution in [-0.4, -0.2) is 22.4 Å². The number of carbonyl (C=O) groups excluding carboxylic acids is 1. The lowest BCUT2D eigenvalue weighted by Gasteiger charge is -2.03. The third-order valence-electron chi connectivity index (χ3n) is 3.01. The predicted octanol–water partition coefficient (Wildman–Crippen LogP) is 3.15. The van der Waals surface area contributed by atoms with E-state index in [0.29, 0.717) is 16.3 Å². The molecule has 3 rings (SSSR count). The zero-order valence-electron chi connectivity index (χ0n) is 12.6. The summed E-state index contributed by atoms with van der Waals surface area (Å²) < 4.78 is 5.26. The fourth-order valence-electron chi connectivity index (χ4n) is 1.81. The summed E-state index contributed by atoms with van der Waals surface area (Å²) in [5, 5.41) is 11.6. The van der Waals surface area contributed by atoms with Crippen molar-refractivity contribution in [2.24, 2.45) is 5.10 Å². The van der Waals surface area contributed by atoms with E-state index in [2.05, 4.69) is 20.7 Å². The maximum Gasteiger partial charge on any atom is 0.353 e. The number of halogens is 1. The Bertz CT molecular complexity index is 952. The van der Waals surface area contributed by atoms with Crippen LogP contribution < -0.4 is 15.7 Å². The van der Waals surface area contributed by atoms with Gasteiger partial charge in [-0.05, 0) is 41.3 Å². The summed E-state index contributed by atoms with van der Waals surface area (Å²) in [4.78, 5) is 23.7. The minimum Gasteiger partial charge on any atom is -0.422 e. The topological polar surface area (TPSA) is 96.4 Å². The van der Waals surface area contributed by atoms with E-state index in [0.717, 1.165) is 5.56 Å². The highest BCUT2D eigenvalue weighted by Gasteiger charge is 2.09. The van der Waals surface area contributed by atoms with Gasteiger partial charge in [-0.1, -0.05) is 17.7 Å². The molecular weight excluding hydrogens is 364 g/mol. The van der Waals surface area contributed by atoms with E-state index in [-0.39, 0.29) is 5.02 Å². The smallest absolute Gasteiger partial charge is 0.353 e. The second kappa shape index (κ2) is 7.73. The summed E-state index contributed by atoms with van der Waals surface area (Å²) in [6, 6.07) is 10.3. The number of thiophene rings is 1. The molecule has 9 heteroatoms. The van der Waals surface area contributed by atoms with Gasteiger partial charge in [-0.25, -0.2) is 9.89 Å². The second-order valence-corrected chi connectivity index (χ2v) is 6.06. The molecule has 2 heterocycles. The van der Waals surface area contributed by atoms with Crippen molar-refractivity contribution >= 4 is 40.8 Å². The molecule has 0 saturated carbocycles. The zero-order chi connectivity index (χ0) is 17.6. The quantitative estimate of drug-likeness (QED) is 0.309. The van der Waals surface area contributed by atoms with E-state index in [9.17, 15) is 9.59 Å². The highest BCUT2D eigenvalue weighted by Crippen LogP contribution is 2.17. The van der Waals surface area contributed by atoms with Crippen LogP contribution in [0.5, 0.6) is 5.75 Å². The number of hydrogen-bond donors (Lipinski definition) is 2. The number of hydrazone groups is 1. The summed E-state index contributed by atoms with van der Waals surface area (Å²) in [6.45, 7) is 0. The monoisotopic (exact) mass is 374 g/mol. The third kappa shape index (κ3) is 4.31. The molecule has 0 aliphatic carbocycles. The first-order chi connectivity index (χ1) is 12.1. The minimum atomic E-state index is -0.501. The molecule has 3 aromatic rings. The summed E-state index contributed by atoms with van der Waals surface area (Å²) >= 11 is 7.14. The fraction of sp³-hybridized carbons (Fsp3) is 0. The van der Waals surface area contributed by atoms with Crippen LogP contribution in [0.3, 0.4) is 0 Å². The van der Waals surface area contributed by atoms with Crippen molar-refractivity contribution in [2.75, 3.05) is 5.43 Å². The maximum absolute atomic E-state index is 11.9. The van der Waals surface area contributed by atoms with Crippen LogP contribution in [0, 0.1) is 0 Å². The van der Waals surface area contributed by atoms with E-state index in [1.807, 2.05) is 5.38 Å². The van der Waals surface area contributed by atoms with Gasteiger partial charge in [0, 0.05) is 0 Å². The van der Waals surface area contributed by atoms with Gasteiger partial charge in [0.15, 0.2) is 0 Å². The largest absolute Gasteiger partial charge is 0.422 e. The Morgan fingerprint density at radius 1 is 1.32 bits per heavy atom. The molecule has 2 N–H and O–H groups in total. The van der Waals surface area contributed by atoms with E-state index < -0.39 is 11.5 Å². The molecule has 0 radical (unpaired) electrons. The SMILES string of the molecule is O=C(Oc1ccc(/C=N\Nc2cn[nH]c(=O)c2Cl)cc1)c1cccs1. The van der Waals surface area contributed by atoms with E-state index in [1.54, 1.807) is 36.4 Å². The van der Waals surface area contributed by atoms with E-state index in [4.69, 9.17) is 16.3 Å². The highest BCUT2D eigenvalue weighted by atomic mass is 35.5. The lowest BCUT2D eigenvalue weighted by atomic mass is 10.2. The van der Waals surface area contributed by atoms with Crippen molar-refractivity contribution < 1.29 is 9.53 Å². The van der Waals surface area contributed by atoms with Gasteiger partial charge < -0.3 is 4.74 Å². The van der Waals surface area contributed by atoms with Crippen molar-refractivity contribution in [3.8, 4) is 5.75 Å². The van der Waals surface area contributed by atoms with Crippen LogP contribution in [0.2, 0.25) is 5.02 Å². The maximum atomic E-state index is 11.9. The molecule has 0 aliphatic rings. The number of ether oxygens (including phenoxy) is 1. The van der Waals surface area contributed by atoms with Crippen LogP contribution in [0.4, 0.5) is 5.69 Å². The number of rotatable bonds is 5. The summed E-state index contributed by atoms with van der Waals surface area (Å²) in [7, 11) is 0. The Labute approximate surface area is 150 Å².